The molecule has 1 fully saturated rings. The van der Waals surface area contributed by atoms with Crippen molar-refractivity contribution in [3.63, 3.8) is 0 Å². The zero-order valence-corrected chi connectivity index (χ0v) is 16.4. The van der Waals surface area contributed by atoms with Gasteiger partial charge < -0.3 is 50.7 Å². The monoisotopic (exact) mass is 471 g/mol. The Balaban J connectivity index is 2.72. The van der Waals surface area contributed by atoms with Crippen LogP contribution in [0.5, 0.6) is 0 Å². The van der Waals surface area contributed by atoms with E-state index in [1.165, 1.54) is 0 Å². The Labute approximate surface area is 163 Å². The molecule has 0 aromatic carbocycles. The summed E-state index contributed by atoms with van der Waals surface area (Å²) in [7, 11) is -10.4. The molecule has 1 saturated carbocycles. The largest absolute Gasteiger partial charge is 0.472 e. The van der Waals surface area contributed by atoms with Gasteiger partial charge in [0.2, 0.25) is 0 Å². The SMILES string of the molecule is NCC(=O)OCC(O)COP(=O)(O)OC1C(O)C(O)C(OP(=O)(O)O)C(O)C1O. The van der Waals surface area contributed by atoms with Crippen LogP contribution in [0, 0.1) is 0 Å². The van der Waals surface area contributed by atoms with Gasteiger partial charge in [0.1, 0.15) is 49.3 Å². The third-order valence-corrected chi connectivity index (χ3v) is 5.10. The van der Waals surface area contributed by atoms with Crippen LogP contribution in [-0.2, 0) is 32.2 Å². The number of esters is 1. The van der Waals surface area contributed by atoms with E-state index in [2.05, 4.69) is 18.3 Å². The highest BCUT2D eigenvalue weighted by molar-refractivity contribution is 7.47. The van der Waals surface area contributed by atoms with Gasteiger partial charge in [-0.3, -0.25) is 18.4 Å². The first kappa shape index (κ1) is 26.5. The fourth-order valence-corrected chi connectivity index (χ4v) is 3.79. The fraction of sp³-hybridized carbons (Fsp3) is 0.909. The van der Waals surface area contributed by atoms with Crippen molar-refractivity contribution in [2.75, 3.05) is 19.8 Å². The van der Waals surface area contributed by atoms with Gasteiger partial charge in [0, 0.05) is 0 Å². The van der Waals surface area contributed by atoms with Crippen LogP contribution in [0.15, 0.2) is 0 Å². The number of hydrogen-bond acceptors (Lipinski definition) is 13. The summed E-state index contributed by atoms with van der Waals surface area (Å²) in [6.07, 6.45) is -14.9. The van der Waals surface area contributed by atoms with Crippen LogP contribution in [0.1, 0.15) is 0 Å². The van der Waals surface area contributed by atoms with E-state index in [1.807, 2.05) is 0 Å². The van der Waals surface area contributed by atoms with Crippen LogP contribution in [0.3, 0.4) is 0 Å². The third kappa shape index (κ3) is 8.24. The molecule has 0 radical (unpaired) electrons. The first-order valence-corrected chi connectivity index (χ1v) is 10.9. The Morgan fingerprint density at radius 3 is 1.76 bits per heavy atom. The van der Waals surface area contributed by atoms with Crippen LogP contribution >= 0.6 is 15.6 Å². The second-order valence-corrected chi connectivity index (χ2v) is 8.50. The number of aliphatic hydroxyl groups is 5. The lowest BCUT2D eigenvalue weighted by Crippen LogP contribution is -2.64. The van der Waals surface area contributed by atoms with Gasteiger partial charge in [-0.2, -0.15) is 0 Å². The van der Waals surface area contributed by atoms with Crippen molar-refractivity contribution in [3.8, 4) is 0 Å². The highest BCUT2D eigenvalue weighted by atomic mass is 31.2. The molecule has 1 rings (SSSR count). The summed E-state index contributed by atoms with van der Waals surface area (Å²) < 4.78 is 40.3. The molecule has 0 aliphatic heterocycles. The predicted octanol–water partition coefficient (Wildman–Crippen LogP) is -4.71. The van der Waals surface area contributed by atoms with Crippen molar-refractivity contribution >= 4 is 21.6 Å². The zero-order chi connectivity index (χ0) is 22.6. The van der Waals surface area contributed by atoms with Crippen molar-refractivity contribution in [1.82, 2.24) is 0 Å². The molecule has 0 aromatic rings. The van der Waals surface area contributed by atoms with Crippen LogP contribution in [-0.4, -0.2) is 109 Å². The molecule has 10 N–H and O–H groups in total. The van der Waals surface area contributed by atoms with Gasteiger partial charge in [0.15, 0.2) is 0 Å². The number of aliphatic hydroxyl groups excluding tert-OH is 5. The number of nitrogens with two attached hydrogens (primary N) is 1. The van der Waals surface area contributed by atoms with E-state index in [1.54, 1.807) is 0 Å². The van der Waals surface area contributed by atoms with E-state index in [0.717, 1.165) is 0 Å². The Hall–Kier alpha value is -0.550. The summed E-state index contributed by atoms with van der Waals surface area (Å²) in [5.74, 6) is -0.865. The van der Waals surface area contributed by atoms with Gasteiger partial charge in [0.25, 0.3) is 0 Å². The first-order valence-electron chi connectivity index (χ1n) is 7.84. The summed E-state index contributed by atoms with van der Waals surface area (Å²) in [4.78, 5) is 38.0. The maximum atomic E-state index is 11.9. The second-order valence-electron chi connectivity index (χ2n) is 5.90. The predicted molar refractivity (Wildman–Crippen MR) is 87.6 cm³/mol. The maximum Gasteiger partial charge on any atom is 0.472 e. The van der Waals surface area contributed by atoms with Crippen LogP contribution in [0.2, 0.25) is 0 Å². The lowest BCUT2D eigenvalue weighted by Gasteiger charge is -2.43. The number of phosphoric ester groups is 2. The Morgan fingerprint density at radius 1 is 0.897 bits per heavy atom. The molecule has 18 heteroatoms. The molecule has 0 spiro atoms. The van der Waals surface area contributed by atoms with E-state index in [9.17, 15) is 44.4 Å². The molecule has 1 aliphatic rings. The summed E-state index contributed by atoms with van der Waals surface area (Å²) in [6.45, 7) is -2.01. The first-order chi connectivity index (χ1) is 13.2. The maximum absolute atomic E-state index is 11.9. The van der Waals surface area contributed by atoms with E-state index < -0.39 is 84.1 Å². The van der Waals surface area contributed by atoms with Gasteiger partial charge >= 0.3 is 21.6 Å². The van der Waals surface area contributed by atoms with Crippen LogP contribution < -0.4 is 5.73 Å². The normalized spacial score (nSPS) is 33.7. The number of rotatable bonds is 10. The molecule has 0 amide bonds. The third-order valence-electron chi connectivity index (χ3n) is 3.59. The topological polar surface area (TPSA) is 276 Å². The van der Waals surface area contributed by atoms with E-state index in [0.29, 0.717) is 0 Å². The number of carbonyl (C=O) groups is 1. The minimum atomic E-state index is -5.24. The Kier molecular flexibility index (Phi) is 9.73. The molecule has 0 saturated heterocycles. The highest BCUT2D eigenvalue weighted by Crippen LogP contribution is 2.48. The zero-order valence-electron chi connectivity index (χ0n) is 14.6. The summed E-state index contributed by atoms with van der Waals surface area (Å²) in [5.41, 5.74) is 4.97. The van der Waals surface area contributed by atoms with Gasteiger partial charge in [-0.05, 0) is 0 Å². The summed E-state index contributed by atoms with van der Waals surface area (Å²) in [5, 5.41) is 49.0. The minimum absolute atomic E-state index is 0.468. The van der Waals surface area contributed by atoms with Gasteiger partial charge in [-0.15, -0.1) is 0 Å². The smallest absolute Gasteiger partial charge is 0.462 e. The molecular weight excluding hydrogens is 448 g/mol. The average molecular weight is 471 g/mol. The van der Waals surface area contributed by atoms with E-state index in [-0.39, 0.29) is 0 Å². The Bertz CT molecular complexity index is 626. The van der Waals surface area contributed by atoms with Gasteiger partial charge in [-0.25, -0.2) is 9.13 Å². The lowest BCUT2D eigenvalue weighted by atomic mass is 9.85. The molecule has 6 atom stereocenters. The highest BCUT2D eigenvalue weighted by Gasteiger charge is 2.54. The standard InChI is InChI=1S/C11H23NO15P2/c12-1-5(14)24-2-4(13)3-25-29(22,23)27-11-8(17)6(15)10(7(16)9(11)18)26-28(19,20)21/h4,6-11,13,15-18H,1-3,12H2,(H,22,23)(H2,19,20,21). The lowest BCUT2D eigenvalue weighted by molar-refractivity contribution is -0.216. The quantitative estimate of drug-likeness (QED) is 0.107. The fourth-order valence-electron chi connectivity index (χ4n) is 2.25. The van der Waals surface area contributed by atoms with E-state index >= 15 is 0 Å². The Morgan fingerprint density at radius 2 is 1.34 bits per heavy atom. The van der Waals surface area contributed by atoms with E-state index in [4.69, 9.17) is 15.5 Å². The van der Waals surface area contributed by atoms with Crippen LogP contribution in [0.25, 0.3) is 0 Å². The summed E-state index contributed by atoms with van der Waals surface area (Å²) in [6, 6.07) is 0. The summed E-state index contributed by atoms with van der Waals surface area (Å²) >= 11 is 0. The molecule has 172 valence electrons. The van der Waals surface area contributed by atoms with Crippen molar-refractivity contribution in [3.05, 3.63) is 0 Å². The minimum Gasteiger partial charge on any atom is -0.462 e. The molecule has 0 heterocycles. The van der Waals surface area contributed by atoms with Crippen molar-refractivity contribution in [1.29, 1.82) is 0 Å². The van der Waals surface area contributed by atoms with Crippen molar-refractivity contribution < 1.29 is 72.4 Å². The molecule has 0 aromatic heterocycles. The molecule has 16 nitrogen and oxygen atoms in total. The molecule has 0 bridgehead atoms. The second kappa shape index (κ2) is 10.7. The van der Waals surface area contributed by atoms with Gasteiger partial charge in [0.05, 0.1) is 13.2 Å². The molecule has 1 aliphatic carbocycles. The van der Waals surface area contributed by atoms with Crippen LogP contribution in [0.4, 0.5) is 0 Å². The molecule has 6 unspecified atom stereocenters. The number of carbonyl (C=O) groups excluding carboxylic acids is 1. The molecular formula is C11H23NO15P2. The molecule has 29 heavy (non-hydrogen) atoms. The number of phosphoric acid groups is 2. The number of hydrogen-bond donors (Lipinski definition) is 9. The van der Waals surface area contributed by atoms with Crippen molar-refractivity contribution in [2.45, 2.75) is 42.7 Å². The average Bonchev–Trinajstić information content (AvgIpc) is 2.62. The van der Waals surface area contributed by atoms with Gasteiger partial charge in [-0.1, -0.05) is 0 Å². The number of ether oxygens (including phenoxy) is 1. The van der Waals surface area contributed by atoms with Crippen molar-refractivity contribution in [2.24, 2.45) is 5.73 Å².